The van der Waals surface area contributed by atoms with Crippen LogP contribution in [0.4, 0.5) is 11.4 Å². The number of unbranched alkanes of at least 4 members (excludes halogenated alkanes) is 1. The Bertz CT molecular complexity index is 1960. The van der Waals surface area contributed by atoms with E-state index in [1.54, 1.807) is 6.07 Å². The lowest BCUT2D eigenvalue weighted by molar-refractivity contribution is -0.438. The van der Waals surface area contributed by atoms with Crippen LogP contribution in [0.25, 0.3) is 0 Å². The van der Waals surface area contributed by atoms with E-state index in [2.05, 4.69) is 32.3 Å². The Balaban J connectivity index is 1.42. The van der Waals surface area contributed by atoms with Gasteiger partial charge in [-0.15, -0.1) is 0 Å². The van der Waals surface area contributed by atoms with Crippen LogP contribution in [-0.4, -0.2) is 60.4 Å². The van der Waals surface area contributed by atoms with E-state index >= 15 is 0 Å². The molecule has 1 spiro atoms. The normalized spacial score (nSPS) is 24.5. The van der Waals surface area contributed by atoms with Crippen molar-refractivity contribution in [1.29, 1.82) is 0 Å². The highest BCUT2D eigenvalue weighted by atomic mass is 35.5. The van der Waals surface area contributed by atoms with Crippen molar-refractivity contribution in [3.63, 3.8) is 0 Å². The van der Waals surface area contributed by atoms with Crippen molar-refractivity contribution in [3.8, 4) is 0 Å². The molecule has 2 aromatic rings. The number of hydrogen-bond donors (Lipinski definition) is 2. The fourth-order valence-corrected chi connectivity index (χ4v) is 9.87. The number of fused-ring (bicyclic) bond motifs is 3. The van der Waals surface area contributed by atoms with Crippen LogP contribution >= 0.6 is 23.2 Å². The summed E-state index contributed by atoms with van der Waals surface area (Å²) in [6.45, 7) is 9.52. The van der Waals surface area contributed by atoms with Crippen LogP contribution in [0.15, 0.2) is 84.6 Å². The van der Waals surface area contributed by atoms with Crippen LogP contribution in [0.2, 0.25) is 10.0 Å². The molecular formula is C35H42Cl2N2O6S2+2. The number of benzene rings is 2. The molecule has 5 rings (SSSR count). The van der Waals surface area contributed by atoms with E-state index in [9.17, 15) is 21.4 Å². The minimum atomic E-state index is -4.33. The lowest BCUT2D eigenvalue weighted by Crippen LogP contribution is -2.55. The first-order chi connectivity index (χ1) is 21.9. The van der Waals surface area contributed by atoms with Crippen LogP contribution in [0.3, 0.4) is 0 Å². The molecule has 2 unspecified atom stereocenters. The summed E-state index contributed by atoms with van der Waals surface area (Å²) in [6, 6.07) is 11.4. The fraction of sp³-hybridized carbons (Fsp3) is 0.400. The van der Waals surface area contributed by atoms with Crippen LogP contribution in [0.1, 0.15) is 64.5 Å². The van der Waals surface area contributed by atoms with Crippen molar-refractivity contribution in [2.45, 2.75) is 69.6 Å². The Morgan fingerprint density at radius 3 is 2.19 bits per heavy atom. The Hall–Kier alpha value is -2.57. The monoisotopic (exact) mass is 720 g/mol. The Morgan fingerprint density at radius 2 is 1.51 bits per heavy atom. The molecule has 3 aliphatic rings. The van der Waals surface area contributed by atoms with E-state index in [1.165, 1.54) is 0 Å². The van der Waals surface area contributed by atoms with Crippen molar-refractivity contribution in [2.24, 2.45) is 0 Å². The molecule has 0 aromatic heterocycles. The number of allylic oxidation sites excluding steroid dienone is 8. The van der Waals surface area contributed by atoms with Crippen molar-refractivity contribution in [3.05, 3.63) is 106 Å². The lowest BCUT2D eigenvalue weighted by atomic mass is 9.81. The molecule has 2 N–H and O–H groups in total. The second-order valence-electron chi connectivity index (χ2n) is 13.5. The van der Waals surface area contributed by atoms with Gasteiger partial charge >= 0.3 is 10.1 Å². The summed E-state index contributed by atoms with van der Waals surface area (Å²) < 4.78 is 69.5. The summed E-state index contributed by atoms with van der Waals surface area (Å²) in [5.41, 5.74) is 4.98. The fourth-order valence-electron chi connectivity index (χ4n) is 7.70. The molecule has 0 saturated carbocycles. The van der Waals surface area contributed by atoms with Gasteiger partial charge in [0.1, 0.15) is 17.9 Å². The number of quaternary nitrogens is 1. The Labute approximate surface area is 288 Å². The molecule has 0 amide bonds. The number of halogens is 2. The molecule has 8 nitrogen and oxygen atoms in total. The van der Waals surface area contributed by atoms with Gasteiger partial charge in [0.25, 0.3) is 10.1 Å². The Morgan fingerprint density at radius 1 is 0.872 bits per heavy atom. The maximum Gasteiger partial charge on any atom is 0.320 e. The van der Waals surface area contributed by atoms with Gasteiger partial charge in [0.15, 0.2) is 5.71 Å². The van der Waals surface area contributed by atoms with Crippen LogP contribution in [0.5, 0.6) is 0 Å². The van der Waals surface area contributed by atoms with E-state index in [0.717, 1.165) is 33.9 Å². The van der Waals surface area contributed by atoms with Gasteiger partial charge < -0.3 is 0 Å². The number of nitrogens with zero attached hydrogens (tertiary/aromatic N) is 2. The largest absolute Gasteiger partial charge is 0.320 e. The zero-order chi connectivity index (χ0) is 34.4. The molecule has 3 aliphatic heterocycles. The third-order valence-corrected chi connectivity index (χ3v) is 12.3. The van der Waals surface area contributed by atoms with Gasteiger partial charge in [-0.05, 0) is 64.5 Å². The average Bonchev–Trinajstić information content (AvgIpc) is 3.55. The van der Waals surface area contributed by atoms with Gasteiger partial charge in [0.2, 0.25) is 11.1 Å². The molecule has 0 radical (unpaired) electrons. The smallest absolute Gasteiger partial charge is 0.286 e. The maximum absolute atomic E-state index is 12.7. The van der Waals surface area contributed by atoms with E-state index in [4.69, 9.17) is 27.8 Å². The van der Waals surface area contributed by atoms with Gasteiger partial charge in [0.05, 0.1) is 23.1 Å². The predicted octanol–water partition coefficient (Wildman–Crippen LogP) is 7.90. The first kappa shape index (κ1) is 35.7. The quantitative estimate of drug-likeness (QED) is 0.0849. The van der Waals surface area contributed by atoms with Gasteiger partial charge in [0, 0.05) is 58.6 Å². The average molecular weight is 722 g/mol. The molecule has 1 fully saturated rings. The highest BCUT2D eigenvalue weighted by Crippen LogP contribution is 2.57. The van der Waals surface area contributed by atoms with Crippen LogP contribution in [-0.2, 0) is 31.1 Å². The third-order valence-electron chi connectivity index (χ3n) is 9.77. The second-order valence-corrected chi connectivity index (χ2v) is 17.5. The molecule has 3 heterocycles. The summed E-state index contributed by atoms with van der Waals surface area (Å²) in [7, 11) is -8.34. The van der Waals surface area contributed by atoms with Gasteiger partial charge in [-0.3, -0.25) is 9.11 Å². The highest BCUT2D eigenvalue weighted by Gasteiger charge is 2.62. The molecule has 47 heavy (non-hydrogen) atoms. The molecule has 1 saturated heterocycles. The van der Waals surface area contributed by atoms with Crippen molar-refractivity contribution in [2.75, 3.05) is 18.8 Å². The highest BCUT2D eigenvalue weighted by molar-refractivity contribution is 7.86. The first-order valence-corrected chi connectivity index (χ1v) is 19.5. The second kappa shape index (κ2) is 13.0. The maximum atomic E-state index is 12.7. The lowest BCUT2D eigenvalue weighted by Gasteiger charge is -2.37. The van der Waals surface area contributed by atoms with Crippen LogP contribution in [0, 0.1) is 0 Å². The van der Waals surface area contributed by atoms with Crippen molar-refractivity contribution >= 4 is 60.5 Å². The standard InChI is InChI=1S/C35H40Cl2N2O6S2/c1-34(2)27-23-25(36)16-18-29(27)38(20-10-11-22-46(40,41)42)31(34)13-8-6-5-7-9-14-32-35(3,4)28-24-26(37)17-19-30(28)39(32)21-12-15-33(39)47(43,44)45/h5-9,13-14,16-19,23-24,33H,10-12,15,20-22H2,1-4H3/p+2/b6-5+,9-7+,13-8+,32-14+. The van der Waals surface area contributed by atoms with Crippen molar-refractivity contribution < 1.29 is 30.5 Å². The molecule has 2 aromatic carbocycles. The molecule has 0 bridgehead atoms. The van der Waals surface area contributed by atoms with Gasteiger partial charge in [-0.2, -0.15) is 21.4 Å². The van der Waals surface area contributed by atoms with Gasteiger partial charge in [-0.25, -0.2) is 4.48 Å². The third kappa shape index (κ3) is 6.84. The minimum Gasteiger partial charge on any atom is -0.286 e. The Kier molecular flexibility index (Phi) is 9.91. The number of rotatable bonds is 10. The van der Waals surface area contributed by atoms with E-state index in [-0.39, 0.29) is 15.7 Å². The van der Waals surface area contributed by atoms with E-state index in [0.29, 0.717) is 48.8 Å². The summed E-state index contributed by atoms with van der Waals surface area (Å²) in [5.74, 6) is -0.276. The minimum absolute atomic E-state index is 0.0738. The molecule has 2 atom stereocenters. The molecular weight excluding hydrogens is 679 g/mol. The summed E-state index contributed by atoms with van der Waals surface area (Å²) in [5, 5.41) is 0.240. The van der Waals surface area contributed by atoms with Gasteiger partial charge in [-0.1, -0.05) is 53.6 Å². The summed E-state index contributed by atoms with van der Waals surface area (Å²) in [6.07, 6.45) is 15.5. The zero-order valence-electron chi connectivity index (χ0n) is 27.0. The summed E-state index contributed by atoms with van der Waals surface area (Å²) >= 11 is 12.7. The van der Waals surface area contributed by atoms with Crippen LogP contribution < -0.4 is 4.48 Å². The summed E-state index contributed by atoms with van der Waals surface area (Å²) in [4.78, 5) is 0. The molecule has 252 valence electrons. The zero-order valence-corrected chi connectivity index (χ0v) is 30.2. The van der Waals surface area contributed by atoms with E-state index in [1.807, 2.05) is 72.9 Å². The van der Waals surface area contributed by atoms with E-state index < -0.39 is 31.0 Å². The predicted molar refractivity (Wildman–Crippen MR) is 191 cm³/mol. The number of hydrogen-bond acceptors (Lipinski definition) is 4. The first-order valence-electron chi connectivity index (χ1n) is 15.7. The van der Waals surface area contributed by atoms with Crippen molar-refractivity contribution in [1.82, 2.24) is 4.48 Å². The molecule has 0 aliphatic carbocycles. The topological polar surface area (TPSA) is 112 Å². The SMILES string of the molecule is CC1(C)C(/C=C/C=C/C=C/C=C2\C(C)(C)c3cc(Cl)ccc3[N+]23CCCC3S(=O)(=O)O)=[N+](CCCCS(=O)(=O)O)c2ccc(Cl)cc21. The molecule has 12 heteroatoms.